The van der Waals surface area contributed by atoms with Crippen molar-refractivity contribution in [3.8, 4) is 0 Å². The maximum atomic E-state index is 12.3. The van der Waals surface area contributed by atoms with Crippen molar-refractivity contribution in [2.45, 2.75) is 19.3 Å². The second-order valence-corrected chi connectivity index (χ2v) is 5.58. The molecule has 2 N–H and O–H groups in total. The van der Waals surface area contributed by atoms with Gasteiger partial charge in [0.2, 0.25) is 5.91 Å². The number of carboxylic acid groups (broad SMARTS) is 1. The van der Waals surface area contributed by atoms with Gasteiger partial charge in [-0.1, -0.05) is 18.2 Å². The van der Waals surface area contributed by atoms with E-state index in [0.29, 0.717) is 0 Å². The summed E-state index contributed by atoms with van der Waals surface area (Å²) in [4.78, 5) is 23.7. The molecule has 2 aliphatic rings. The van der Waals surface area contributed by atoms with Gasteiger partial charge in [-0.25, -0.2) is 0 Å². The van der Waals surface area contributed by atoms with Crippen molar-refractivity contribution in [1.29, 1.82) is 0 Å². The van der Waals surface area contributed by atoms with Crippen LogP contribution in [0.2, 0.25) is 0 Å². The molecule has 0 aromatic heterocycles. The lowest BCUT2D eigenvalue weighted by molar-refractivity contribution is -0.148. The normalized spacial score (nSPS) is 32.2. The number of benzene rings is 1. The lowest BCUT2D eigenvalue weighted by Crippen LogP contribution is -2.37. The summed E-state index contributed by atoms with van der Waals surface area (Å²) in [5.74, 6) is -1.38. The average Bonchev–Trinajstić information content (AvgIpc) is 2.99. The standard InChI is InChI=1S/C15H17NO3/c17-14(16-11-4-2-1-3-5-11)12-9-6-7-10(8-9)13(12)15(18)19/h1-5,9-10,12-13H,6-8H2,(H,16,17)(H,18,19)/t9-,10-,12+,13-/m0/s1. The second-order valence-electron chi connectivity index (χ2n) is 5.58. The molecule has 4 atom stereocenters. The van der Waals surface area contributed by atoms with Gasteiger partial charge < -0.3 is 10.4 Å². The number of nitrogens with one attached hydrogen (secondary N) is 1. The van der Waals surface area contributed by atoms with E-state index in [1.165, 1.54) is 0 Å². The second kappa shape index (κ2) is 4.68. The molecule has 0 radical (unpaired) electrons. The number of hydrogen-bond donors (Lipinski definition) is 2. The largest absolute Gasteiger partial charge is 0.481 e. The van der Waals surface area contributed by atoms with E-state index >= 15 is 0 Å². The molecule has 0 saturated heterocycles. The predicted molar refractivity (Wildman–Crippen MR) is 70.5 cm³/mol. The molecule has 0 spiro atoms. The minimum Gasteiger partial charge on any atom is -0.481 e. The molecular weight excluding hydrogens is 242 g/mol. The number of carbonyl (C=O) groups excluding carboxylic acids is 1. The summed E-state index contributed by atoms with van der Waals surface area (Å²) in [6.07, 6.45) is 2.84. The Kier molecular flexibility index (Phi) is 3.01. The van der Waals surface area contributed by atoms with E-state index in [0.717, 1.165) is 24.9 Å². The van der Waals surface area contributed by atoms with E-state index < -0.39 is 11.9 Å². The van der Waals surface area contributed by atoms with Crippen LogP contribution in [0.25, 0.3) is 0 Å². The Bertz CT molecular complexity index is 499. The zero-order valence-corrected chi connectivity index (χ0v) is 10.6. The third-order valence-corrected chi connectivity index (χ3v) is 4.55. The van der Waals surface area contributed by atoms with E-state index in [1.807, 2.05) is 30.3 Å². The molecule has 0 aliphatic heterocycles. The number of rotatable bonds is 3. The fourth-order valence-electron chi connectivity index (χ4n) is 3.77. The van der Waals surface area contributed by atoms with Crippen LogP contribution in [-0.2, 0) is 9.59 Å². The van der Waals surface area contributed by atoms with Crippen LogP contribution in [0, 0.1) is 23.7 Å². The predicted octanol–water partition coefficient (Wildman–Crippen LogP) is 2.37. The molecular formula is C15H17NO3. The highest BCUT2D eigenvalue weighted by atomic mass is 16.4. The van der Waals surface area contributed by atoms with Gasteiger partial charge >= 0.3 is 5.97 Å². The van der Waals surface area contributed by atoms with Crippen molar-refractivity contribution in [1.82, 2.24) is 0 Å². The maximum Gasteiger partial charge on any atom is 0.307 e. The van der Waals surface area contributed by atoms with Crippen molar-refractivity contribution < 1.29 is 14.7 Å². The SMILES string of the molecule is O=C(Nc1ccccc1)[C@@H]1[C@H]2CC[C@@H](C2)[C@@H]1C(=O)O. The molecule has 4 heteroatoms. The van der Waals surface area contributed by atoms with E-state index in [9.17, 15) is 14.7 Å². The highest BCUT2D eigenvalue weighted by molar-refractivity contribution is 5.95. The van der Waals surface area contributed by atoms with Crippen LogP contribution in [-0.4, -0.2) is 17.0 Å². The molecule has 2 aliphatic carbocycles. The Hall–Kier alpha value is -1.84. The number of carbonyl (C=O) groups is 2. The molecule has 2 saturated carbocycles. The summed E-state index contributed by atoms with van der Waals surface area (Å²) in [5, 5.41) is 12.2. The minimum atomic E-state index is -0.819. The lowest BCUT2D eigenvalue weighted by Gasteiger charge is -2.27. The molecule has 1 aromatic rings. The fraction of sp³-hybridized carbons (Fsp3) is 0.467. The zero-order chi connectivity index (χ0) is 13.4. The molecule has 3 rings (SSSR count). The van der Waals surface area contributed by atoms with Crippen molar-refractivity contribution in [3.05, 3.63) is 30.3 Å². The Morgan fingerprint density at radius 1 is 1.05 bits per heavy atom. The minimum absolute atomic E-state index is 0.134. The van der Waals surface area contributed by atoms with Gasteiger partial charge in [-0.2, -0.15) is 0 Å². The first-order valence-electron chi connectivity index (χ1n) is 6.75. The van der Waals surface area contributed by atoms with Gasteiger partial charge in [0.25, 0.3) is 0 Å². The van der Waals surface area contributed by atoms with Gasteiger partial charge in [0, 0.05) is 5.69 Å². The van der Waals surface area contributed by atoms with Gasteiger partial charge in [-0.3, -0.25) is 9.59 Å². The van der Waals surface area contributed by atoms with E-state index in [2.05, 4.69) is 5.32 Å². The average molecular weight is 259 g/mol. The van der Waals surface area contributed by atoms with Crippen molar-refractivity contribution in [2.75, 3.05) is 5.32 Å². The monoisotopic (exact) mass is 259 g/mol. The number of hydrogen-bond acceptors (Lipinski definition) is 2. The first kappa shape index (κ1) is 12.2. The smallest absolute Gasteiger partial charge is 0.307 e. The summed E-state index contributed by atoms with van der Waals surface area (Å²) in [6.45, 7) is 0. The lowest BCUT2D eigenvalue weighted by atomic mass is 9.78. The molecule has 2 bridgehead atoms. The molecule has 2 fully saturated rings. The number of para-hydroxylation sites is 1. The van der Waals surface area contributed by atoms with Crippen LogP contribution in [0.15, 0.2) is 30.3 Å². The summed E-state index contributed by atoms with van der Waals surface area (Å²) in [6, 6.07) is 9.23. The highest BCUT2D eigenvalue weighted by Crippen LogP contribution is 2.52. The molecule has 1 aromatic carbocycles. The Morgan fingerprint density at radius 2 is 1.68 bits per heavy atom. The Balaban J connectivity index is 1.77. The topological polar surface area (TPSA) is 66.4 Å². The molecule has 0 unspecified atom stereocenters. The number of anilines is 1. The summed E-state index contributed by atoms with van der Waals surface area (Å²) in [7, 11) is 0. The maximum absolute atomic E-state index is 12.3. The van der Waals surface area contributed by atoms with Crippen molar-refractivity contribution in [3.63, 3.8) is 0 Å². The van der Waals surface area contributed by atoms with Crippen LogP contribution >= 0.6 is 0 Å². The van der Waals surface area contributed by atoms with Crippen LogP contribution in [0.5, 0.6) is 0 Å². The van der Waals surface area contributed by atoms with E-state index in [-0.39, 0.29) is 23.7 Å². The molecule has 100 valence electrons. The highest BCUT2D eigenvalue weighted by Gasteiger charge is 2.53. The quantitative estimate of drug-likeness (QED) is 0.875. The van der Waals surface area contributed by atoms with Crippen LogP contribution < -0.4 is 5.32 Å². The summed E-state index contributed by atoms with van der Waals surface area (Å²) < 4.78 is 0. The summed E-state index contributed by atoms with van der Waals surface area (Å²) >= 11 is 0. The third kappa shape index (κ3) is 2.11. The van der Waals surface area contributed by atoms with Crippen LogP contribution in [0.3, 0.4) is 0 Å². The first-order valence-corrected chi connectivity index (χ1v) is 6.75. The Morgan fingerprint density at radius 3 is 2.32 bits per heavy atom. The number of amides is 1. The molecule has 1 amide bonds. The first-order chi connectivity index (χ1) is 9.16. The van der Waals surface area contributed by atoms with E-state index in [4.69, 9.17) is 0 Å². The number of fused-ring (bicyclic) bond motifs is 2. The van der Waals surface area contributed by atoms with Crippen LogP contribution in [0.4, 0.5) is 5.69 Å². The number of carboxylic acids is 1. The molecule has 19 heavy (non-hydrogen) atoms. The zero-order valence-electron chi connectivity index (χ0n) is 10.6. The van der Waals surface area contributed by atoms with Crippen molar-refractivity contribution >= 4 is 17.6 Å². The Labute approximate surface area is 111 Å². The number of aliphatic carboxylic acids is 1. The molecule has 4 nitrogen and oxygen atoms in total. The van der Waals surface area contributed by atoms with Crippen LogP contribution in [0.1, 0.15) is 19.3 Å². The third-order valence-electron chi connectivity index (χ3n) is 4.55. The molecule has 0 heterocycles. The van der Waals surface area contributed by atoms with Crippen molar-refractivity contribution in [2.24, 2.45) is 23.7 Å². The fourth-order valence-corrected chi connectivity index (χ4v) is 3.77. The van der Waals surface area contributed by atoms with Gasteiger partial charge in [0.1, 0.15) is 0 Å². The van der Waals surface area contributed by atoms with Gasteiger partial charge in [0.15, 0.2) is 0 Å². The summed E-state index contributed by atoms with van der Waals surface area (Å²) in [5.41, 5.74) is 0.736. The van der Waals surface area contributed by atoms with E-state index in [1.54, 1.807) is 0 Å². The van der Waals surface area contributed by atoms with Gasteiger partial charge in [-0.15, -0.1) is 0 Å². The van der Waals surface area contributed by atoms with Gasteiger partial charge in [-0.05, 0) is 43.2 Å². The van der Waals surface area contributed by atoms with Gasteiger partial charge in [0.05, 0.1) is 11.8 Å².